The van der Waals surface area contributed by atoms with E-state index in [1.54, 1.807) is 6.20 Å². The summed E-state index contributed by atoms with van der Waals surface area (Å²) in [6.45, 7) is 0. The molecule has 0 aliphatic heterocycles. The molecule has 3 heterocycles. The molecule has 0 atom stereocenters. The molecule has 0 saturated carbocycles. The smallest absolute Gasteiger partial charge is 0.159 e. The van der Waals surface area contributed by atoms with Crippen LogP contribution in [-0.4, -0.2) is 24.1 Å². The molecule has 0 aliphatic rings. The second-order valence-electron chi connectivity index (χ2n) is 4.90. The van der Waals surface area contributed by atoms with Crippen LogP contribution in [0.25, 0.3) is 33.6 Å². The number of nitrogens with zero attached hydrogens (tertiary/aromatic N) is 5. The highest BCUT2D eigenvalue weighted by Crippen LogP contribution is 2.25. The van der Waals surface area contributed by atoms with Crippen LogP contribution >= 0.6 is 0 Å². The Labute approximate surface area is 115 Å². The molecular weight excluding hydrogens is 250 g/mol. The van der Waals surface area contributed by atoms with E-state index in [1.165, 1.54) is 0 Å². The maximum atomic E-state index is 4.66. The third kappa shape index (κ3) is 1.46. The number of pyridine rings is 1. The van der Waals surface area contributed by atoms with Gasteiger partial charge in [-0.3, -0.25) is 0 Å². The number of aromatic nitrogens is 5. The molecule has 0 amide bonds. The molecule has 20 heavy (non-hydrogen) atoms. The van der Waals surface area contributed by atoms with E-state index in [9.17, 15) is 0 Å². The molecule has 4 rings (SSSR count). The summed E-state index contributed by atoms with van der Waals surface area (Å²) in [5, 5.41) is 0. The largest absolute Gasteiger partial charge is 0.334 e. The van der Waals surface area contributed by atoms with E-state index in [4.69, 9.17) is 0 Å². The Hall–Kier alpha value is -2.69. The van der Waals surface area contributed by atoms with Crippen molar-refractivity contribution in [3.8, 4) is 11.4 Å². The van der Waals surface area contributed by atoms with E-state index in [2.05, 4.69) is 33.2 Å². The van der Waals surface area contributed by atoms with E-state index in [0.29, 0.717) is 0 Å². The Bertz CT molecular complexity index is 932. The standard InChI is InChI=1S/C15H13N5/c1-19-9-17-12-8-10(5-6-13(12)19)14-18-11-4-3-7-16-15(11)20(14)2/h3-9H,1-2H3. The number of benzene rings is 1. The van der Waals surface area contributed by atoms with Crippen molar-refractivity contribution >= 4 is 22.2 Å². The molecule has 0 bridgehead atoms. The first-order valence-electron chi connectivity index (χ1n) is 6.43. The molecule has 0 unspecified atom stereocenters. The average Bonchev–Trinajstić information content (AvgIpc) is 3.01. The normalized spacial score (nSPS) is 11.5. The minimum Gasteiger partial charge on any atom is -0.334 e. The molecule has 0 aliphatic carbocycles. The number of imidazole rings is 2. The first kappa shape index (κ1) is 11.2. The van der Waals surface area contributed by atoms with Crippen LogP contribution in [0.1, 0.15) is 0 Å². The Kier molecular flexibility index (Phi) is 2.18. The highest BCUT2D eigenvalue weighted by Gasteiger charge is 2.11. The summed E-state index contributed by atoms with van der Waals surface area (Å²) in [7, 11) is 3.98. The van der Waals surface area contributed by atoms with E-state index in [1.807, 2.05) is 41.7 Å². The molecule has 0 radical (unpaired) electrons. The highest BCUT2D eigenvalue weighted by molar-refractivity contribution is 5.83. The monoisotopic (exact) mass is 263 g/mol. The van der Waals surface area contributed by atoms with Crippen molar-refractivity contribution in [2.24, 2.45) is 14.1 Å². The minimum atomic E-state index is 0.892. The lowest BCUT2D eigenvalue weighted by Crippen LogP contribution is -1.93. The van der Waals surface area contributed by atoms with Crippen molar-refractivity contribution in [2.75, 3.05) is 0 Å². The van der Waals surface area contributed by atoms with Gasteiger partial charge in [-0.05, 0) is 30.3 Å². The van der Waals surface area contributed by atoms with Crippen LogP contribution in [0.3, 0.4) is 0 Å². The van der Waals surface area contributed by atoms with Gasteiger partial charge in [0.2, 0.25) is 0 Å². The molecule has 5 nitrogen and oxygen atoms in total. The Morgan fingerprint density at radius 1 is 1.00 bits per heavy atom. The Balaban J connectivity index is 1.98. The lowest BCUT2D eigenvalue weighted by atomic mass is 10.2. The van der Waals surface area contributed by atoms with Gasteiger partial charge in [0.1, 0.15) is 11.3 Å². The van der Waals surface area contributed by atoms with Crippen LogP contribution in [-0.2, 0) is 14.1 Å². The van der Waals surface area contributed by atoms with Gasteiger partial charge in [0.15, 0.2) is 5.65 Å². The van der Waals surface area contributed by atoms with Crippen LogP contribution in [0, 0.1) is 0 Å². The Morgan fingerprint density at radius 2 is 1.90 bits per heavy atom. The van der Waals surface area contributed by atoms with Gasteiger partial charge in [0.25, 0.3) is 0 Å². The van der Waals surface area contributed by atoms with Crippen molar-refractivity contribution in [2.45, 2.75) is 0 Å². The predicted octanol–water partition coefficient (Wildman–Crippen LogP) is 2.52. The van der Waals surface area contributed by atoms with Crippen molar-refractivity contribution in [1.82, 2.24) is 24.1 Å². The summed E-state index contributed by atoms with van der Waals surface area (Å²) in [6.07, 6.45) is 3.61. The van der Waals surface area contributed by atoms with Crippen LogP contribution in [0.15, 0.2) is 42.9 Å². The Morgan fingerprint density at radius 3 is 2.75 bits per heavy atom. The topological polar surface area (TPSA) is 48.5 Å². The van der Waals surface area contributed by atoms with Crippen LogP contribution in [0.5, 0.6) is 0 Å². The third-order valence-electron chi connectivity index (χ3n) is 3.61. The number of hydrogen-bond donors (Lipinski definition) is 0. The zero-order valence-electron chi connectivity index (χ0n) is 11.3. The second-order valence-corrected chi connectivity index (χ2v) is 4.90. The fraction of sp³-hybridized carbons (Fsp3) is 0.133. The van der Waals surface area contributed by atoms with Crippen LogP contribution in [0.4, 0.5) is 0 Å². The van der Waals surface area contributed by atoms with Gasteiger partial charge >= 0.3 is 0 Å². The zero-order valence-corrected chi connectivity index (χ0v) is 11.3. The molecule has 0 saturated heterocycles. The summed E-state index contributed by atoms with van der Waals surface area (Å²) in [4.78, 5) is 13.4. The van der Waals surface area contributed by atoms with Crippen molar-refractivity contribution in [1.29, 1.82) is 0 Å². The minimum absolute atomic E-state index is 0.892. The molecule has 0 spiro atoms. The molecule has 1 aromatic carbocycles. The molecule has 3 aromatic heterocycles. The molecular formula is C15H13N5. The average molecular weight is 263 g/mol. The number of rotatable bonds is 1. The fourth-order valence-corrected chi connectivity index (χ4v) is 2.56. The first-order chi connectivity index (χ1) is 9.74. The summed E-state index contributed by atoms with van der Waals surface area (Å²) in [6, 6.07) is 10.1. The zero-order chi connectivity index (χ0) is 13.7. The van der Waals surface area contributed by atoms with Crippen LogP contribution in [0.2, 0.25) is 0 Å². The second kappa shape index (κ2) is 3.90. The fourth-order valence-electron chi connectivity index (χ4n) is 2.56. The number of fused-ring (bicyclic) bond motifs is 2. The van der Waals surface area contributed by atoms with E-state index < -0.39 is 0 Å². The lowest BCUT2D eigenvalue weighted by Gasteiger charge is -2.02. The van der Waals surface area contributed by atoms with Gasteiger partial charge in [-0.15, -0.1) is 0 Å². The quantitative estimate of drug-likeness (QED) is 0.530. The summed E-state index contributed by atoms with van der Waals surface area (Å²) in [5.74, 6) is 0.909. The molecule has 0 N–H and O–H groups in total. The first-order valence-corrected chi connectivity index (χ1v) is 6.43. The number of hydrogen-bond acceptors (Lipinski definition) is 3. The van der Waals surface area contributed by atoms with Crippen molar-refractivity contribution in [3.05, 3.63) is 42.9 Å². The van der Waals surface area contributed by atoms with Crippen molar-refractivity contribution < 1.29 is 0 Å². The van der Waals surface area contributed by atoms with E-state index >= 15 is 0 Å². The molecule has 98 valence electrons. The van der Waals surface area contributed by atoms with Crippen LogP contribution < -0.4 is 0 Å². The SMILES string of the molecule is Cn1cnc2cc(-c3nc4cccnc4n3C)ccc21. The van der Waals surface area contributed by atoms with Gasteiger partial charge < -0.3 is 9.13 Å². The van der Waals surface area contributed by atoms with Gasteiger partial charge in [-0.1, -0.05) is 0 Å². The molecule has 0 fully saturated rings. The van der Waals surface area contributed by atoms with Crippen molar-refractivity contribution in [3.63, 3.8) is 0 Å². The highest BCUT2D eigenvalue weighted by atomic mass is 15.1. The lowest BCUT2D eigenvalue weighted by molar-refractivity contribution is 0.941. The van der Waals surface area contributed by atoms with E-state index in [0.717, 1.165) is 33.6 Å². The van der Waals surface area contributed by atoms with Gasteiger partial charge in [0, 0.05) is 25.9 Å². The third-order valence-corrected chi connectivity index (χ3v) is 3.61. The predicted molar refractivity (Wildman–Crippen MR) is 78.2 cm³/mol. The molecule has 4 aromatic rings. The van der Waals surface area contributed by atoms with Gasteiger partial charge in [-0.25, -0.2) is 15.0 Å². The summed E-state index contributed by atoms with van der Waals surface area (Å²) >= 11 is 0. The van der Waals surface area contributed by atoms with E-state index in [-0.39, 0.29) is 0 Å². The molecule has 5 heteroatoms. The summed E-state index contributed by atoms with van der Waals surface area (Å²) in [5.41, 5.74) is 4.95. The summed E-state index contributed by atoms with van der Waals surface area (Å²) < 4.78 is 4.02. The van der Waals surface area contributed by atoms with Gasteiger partial charge in [0.05, 0.1) is 17.4 Å². The van der Waals surface area contributed by atoms with Gasteiger partial charge in [-0.2, -0.15) is 0 Å². The number of aryl methyl sites for hydroxylation is 2. The maximum Gasteiger partial charge on any atom is 0.159 e. The maximum absolute atomic E-state index is 4.66.